The number of hydrogen-bond acceptors (Lipinski definition) is 12. The van der Waals surface area contributed by atoms with Crippen LogP contribution in [0.4, 0.5) is 10.1 Å². The number of halogens is 1. The summed E-state index contributed by atoms with van der Waals surface area (Å²) in [5.74, 6) is 0.156. The Morgan fingerprint density at radius 2 is 1.80 bits per heavy atom. The van der Waals surface area contributed by atoms with Gasteiger partial charge < -0.3 is 36.0 Å². The van der Waals surface area contributed by atoms with Gasteiger partial charge in [-0.1, -0.05) is 45.9 Å². The van der Waals surface area contributed by atoms with Gasteiger partial charge in [-0.15, -0.1) is 37.1 Å². The van der Waals surface area contributed by atoms with Crippen molar-refractivity contribution in [1.29, 1.82) is 0 Å². The predicted molar refractivity (Wildman–Crippen MR) is 225 cm³/mol. The topological polar surface area (TPSA) is 144 Å². The Bertz CT molecular complexity index is 1520. The molecule has 2 saturated heterocycles. The molecule has 2 fully saturated rings. The number of phenols is 1. The van der Waals surface area contributed by atoms with Crippen molar-refractivity contribution in [3.8, 4) is 5.75 Å². The first-order valence-electron chi connectivity index (χ1n) is 18.6. The molecule has 0 amide bonds. The molecule has 5 rings (SSSR count). The molecule has 2 aromatic carbocycles. The van der Waals surface area contributed by atoms with Crippen molar-refractivity contribution in [2.45, 2.75) is 102 Å². The van der Waals surface area contributed by atoms with Gasteiger partial charge in [0, 0.05) is 55.5 Å². The smallest absolute Gasteiger partial charge is 0.169 e. The van der Waals surface area contributed by atoms with Crippen LogP contribution in [0.5, 0.6) is 5.75 Å². The van der Waals surface area contributed by atoms with Crippen molar-refractivity contribution in [2.75, 3.05) is 58.7 Å². The van der Waals surface area contributed by atoms with E-state index in [0.717, 1.165) is 69.0 Å². The van der Waals surface area contributed by atoms with Crippen molar-refractivity contribution >= 4 is 35.9 Å². The number of aromatic nitrogens is 1. The minimum atomic E-state index is -0.836. The number of carbonyl (C=O) groups excluding carboxylic acids is 1. The van der Waals surface area contributed by atoms with Crippen LogP contribution in [0.1, 0.15) is 106 Å². The van der Waals surface area contributed by atoms with Gasteiger partial charge in [-0.25, -0.2) is 9.37 Å². The average molecular weight is 792 g/mol. The first kappa shape index (κ1) is 49.1. The molecule has 1 unspecified atom stereocenters. The minimum absolute atomic E-state index is 0.00667. The van der Waals surface area contributed by atoms with Crippen LogP contribution in [-0.4, -0.2) is 101 Å². The maximum atomic E-state index is 14.4. The summed E-state index contributed by atoms with van der Waals surface area (Å²) in [5.41, 5.74) is 8.28. The van der Waals surface area contributed by atoms with Gasteiger partial charge in [-0.3, -0.25) is 9.69 Å². The highest BCUT2D eigenvalue weighted by Gasteiger charge is 2.38. The van der Waals surface area contributed by atoms with Crippen LogP contribution >= 0.6 is 24.0 Å². The van der Waals surface area contributed by atoms with Gasteiger partial charge in [-0.2, -0.15) is 0 Å². The highest BCUT2D eigenvalue weighted by molar-refractivity contribution is 7.80. The number of phenolic OH excluding ortho intramolecular Hbond substituents is 1. The Hall–Kier alpha value is -2.88. The molecule has 6 N–H and O–H groups in total. The lowest BCUT2D eigenvalue weighted by molar-refractivity contribution is -0.131. The summed E-state index contributed by atoms with van der Waals surface area (Å²) >= 11 is 5.84. The van der Waals surface area contributed by atoms with Crippen LogP contribution in [0.2, 0.25) is 0 Å². The molecule has 1 atom stereocenters. The SMILES string of the molecule is C=C.CC.CC(C)(C)O.CC(C)c1nc(C=O)cs1.CN1CCOC2(CCN(Cc3ccc(F)c(CCNCC(O)c4ccc(O)c(N)c4S)c3)CC2)C1. The number of nitrogens with two attached hydrogens (primary N) is 1. The summed E-state index contributed by atoms with van der Waals surface area (Å²) in [7, 11) is 2.16. The number of nitrogens with zero attached hydrogens (tertiary/aromatic N) is 3. The lowest BCUT2D eigenvalue weighted by Gasteiger charge is -2.46. The number of aliphatic hydroxyl groups excluding tert-OH is 1. The summed E-state index contributed by atoms with van der Waals surface area (Å²) in [5, 5.41) is 34.6. The molecule has 2 aliphatic heterocycles. The number of aliphatic hydroxyl groups is 2. The Kier molecular flexibility index (Phi) is 22.4. The number of likely N-dealkylation sites (tertiary alicyclic amines) is 1. The molecule has 2 aliphatic rings. The van der Waals surface area contributed by atoms with E-state index in [-0.39, 0.29) is 29.4 Å². The van der Waals surface area contributed by atoms with Crippen molar-refractivity contribution in [3.63, 3.8) is 0 Å². The van der Waals surface area contributed by atoms with Crippen molar-refractivity contribution < 1.29 is 29.2 Å². The van der Waals surface area contributed by atoms with Gasteiger partial charge >= 0.3 is 0 Å². The van der Waals surface area contributed by atoms with Crippen LogP contribution in [0.15, 0.2) is 53.8 Å². The van der Waals surface area contributed by atoms with Gasteiger partial charge in [0.15, 0.2) is 6.29 Å². The number of hydrogen-bond donors (Lipinski definition) is 6. The number of ether oxygens (including phenoxy) is 1. The molecule has 3 heterocycles. The van der Waals surface area contributed by atoms with E-state index in [9.17, 15) is 19.4 Å². The molecule has 304 valence electrons. The van der Waals surface area contributed by atoms with E-state index in [4.69, 9.17) is 15.6 Å². The maximum Gasteiger partial charge on any atom is 0.169 e. The summed E-state index contributed by atoms with van der Waals surface area (Å²) < 4.78 is 20.6. The molecule has 1 spiro atoms. The molecular formula is C41H66FN5O5S2. The fraction of sp³-hybridized carbons (Fsp3) is 0.561. The summed E-state index contributed by atoms with van der Waals surface area (Å²) in [6.07, 6.45) is 2.51. The molecule has 13 heteroatoms. The van der Waals surface area contributed by atoms with Gasteiger partial charge in [-0.05, 0) is 82.4 Å². The molecular weight excluding hydrogens is 726 g/mol. The monoisotopic (exact) mass is 791 g/mol. The second-order valence-corrected chi connectivity index (χ2v) is 15.8. The highest BCUT2D eigenvalue weighted by Crippen LogP contribution is 2.33. The third-order valence-electron chi connectivity index (χ3n) is 8.37. The number of nitrogen functional groups attached to an aromatic ring is 1. The van der Waals surface area contributed by atoms with Gasteiger partial charge in [0.25, 0.3) is 0 Å². The van der Waals surface area contributed by atoms with E-state index in [2.05, 4.69) is 66.8 Å². The Morgan fingerprint density at radius 3 is 2.33 bits per heavy atom. The van der Waals surface area contributed by atoms with Gasteiger partial charge in [0.2, 0.25) is 0 Å². The van der Waals surface area contributed by atoms with E-state index >= 15 is 0 Å². The van der Waals surface area contributed by atoms with Crippen molar-refractivity contribution in [2.24, 2.45) is 0 Å². The predicted octanol–water partition coefficient (Wildman–Crippen LogP) is 7.25. The average Bonchev–Trinajstić information content (AvgIpc) is 3.63. The van der Waals surface area contributed by atoms with Crippen LogP contribution in [0, 0.1) is 5.82 Å². The number of carbonyl (C=O) groups is 1. The molecule has 54 heavy (non-hydrogen) atoms. The number of likely N-dealkylation sites (N-methyl/N-ethyl adjacent to an activating group) is 1. The van der Waals surface area contributed by atoms with E-state index in [0.29, 0.717) is 40.6 Å². The Labute approximate surface area is 333 Å². The largest absolute Gasteiger partial charge is 0.506 e. The Balaban J connectivity index is 0.000000634. The molecule has 0 saturated carbocycles. The van der Waals surface area contributed by atoms with Crippen LogP contribution in [0.3, 0.4) is 0 Å². The number of nitrogens with one attached hydrogen (secondary N) is 1. The zero-order valence-corrected chi connectivity index (χ0v) is 35.4. The van der Waals surface area contributed by atoms with E-state index in [1.165, 1.54) is 17.4 Å². The first-order chi connectivity index (χ1) is 25.5. The van der Waals surface area contributed by atoms with Crippen LogP contribution < -0.4 is 11.1 Å². The third-order valence-corrected chi connectivity index (χ3v) is 10.0. The van der Waals surface area contributed by atoms with Crippen molar-refractivity contribution in [3.05, 3.63) is 82.1 Å². The van der Waals surface area contributed by atoms with Crippen molar-refractivity contribution in [1.82, 2.24) is 20.1 Å². The molecule has 1 aromatic heterocycles. The number of piperidine rings is 1. The fourth-order valence-corrected chi connectivity index (χ4v) is 6.82. The minimum Gasteiger partial charge on any atom is -0.506 e. The number of thiol groups is 1. The number of anilines is 1. The molecule has 0 aliphatic carbocycles. The fourth-order valence-electron chi connectivity index (χ4n) is 5.71. The van der Waals surface area contributed by atoms with E-state index in [1.807, 2.05) is 26.0 Å². The van der Waals surface area contributed by atoms with Crippen LogP contribution in [-0.2, 0) is 17.7 Å². The standard InChI is InChI=1S/C26H37FN4O3S.C7H9NOS.C4H10O.C2H6.C2H4/c1-30-12-13-34-26(17-30)7-10-31(11-8-26)16-18-2-4-21(27)19(14-18)6-9-29-15-23(33)20-3-5-22(32)24(28)25(20)35;1-5(2)7-8-6(3-9)4-10-7;1-4(2,3)5;2*1-2/h2-5,14,23,29,32-33,35H,6-13,15-17,28H2,1H3;3-5H,1-2H3;5H,1-3H3;1-2H3;1-2H2. The molecule has 0 bridgehead atoms. The van der Waals surface area contributed by atoms with E-state index < -0.39 is 11.7 Å². The summed E-state index contributed by atoms with van der Waals surface area (Å²) in [6.45, 7) is 25.7. The number of rotatable bonds is 10. The third kappa shape index (κ3) is 17.3. The number of aromatic hydroxyl groups is 1. The van der Waals surface area contributed by atoms with Gasteiger partial charge in [0.1, 0.15) is 17.3 Å². The lowest BCUT2D eigenvalue weighted by atomic mass is 9.89. The zero-order chi connectivity index (χ0) is 41.1. The second-order valence-electron chi connectivity index (χ2n) is 14.4. The van der Waals surface area contributed by atoms with Crippen LogP contribution in [0.25, 0.3) is 0 Å². The highest BCUT2D eigenvalue weighted by atomic mass is 32.1. The molecule has 10 nitrogen and oxygen atoms in total. The molecule has 0 radical (unpaired) electrons. The number of morpholine rings is 1. The van der Waals surface area contributed by atoms with E-state index in [1.54, 1.807) is 38.3 Å². The Morgan fingerprint density at radius 1 is 1.17 bits per heavy atom. The summed E-state index contributed by atoms with van der Waals surface area (Å²) in [6, 6.07) is 8.42. The quantitative estimate of drug-likeness (QED) is 0.0311. The maximum absolute atomic E-state index is 14.4. The lowest BCUT2D eigenvalue weighted by Crippen LogP contribution is -2.55. The number of benzene rings is 2. The first-order valence-corrected chi connectivity index (χ1v) is 20.0. The number of thiazole rings is 1. The second kappa shape index (κ2) is 24.6. The van der Waals surface area contributed by atoms with Gasteiger partial charge in [0.05, 0.1) is 34.6 Å². The molecule has 3 aromatic rings. The number of aldehydes is 1. The zero-order valence-electron chi connectivity index (χ0n) is 33.7. The summed E-state index contributed by atoms with van der Waals surface area (Å²) in [4.78, 5) is 19.4. The normalized spacial score (nSPS) is 16.0.